The van der Waals surface area contributed by atoms with Gasteiger partial charge in [0, 0.05) is 15.9 Å². The average Bonchev–Trinajstić information content (AvgIpc) is 2.51. The fraction of sp³-hybridized carbons (Fsp3) is 0.667. The monoisotopic (exact) mass is 289 g/mol. The highest BCUT2D eigenvalue weighted by Gasteiger charge is 2.27. The molecule has 1 unspecified atom stereocenters. The summed E-state index contributed by atoms with van der Waals surface area (Å²) >= 11 is 5.38. The van der Waals surface area contributed by atoms with Crippen LogP contribution in [0.15, 0.2) is 15.2 Å². The van der Waals surface area contributed by atoms with E-state index in [0.717, 1.165) is 6.54 Å². The maximum atomic E-state index is 3.63. The third kappa shape index (κ3) is 3.58. The van der Waals surface area contributed by atoms with E-state index in [4.69, 9.17) is 0 Å². The third-order valence-corrected chi connectivity index (χ3v) is 4.17. The SMILES string of the molecule is CCCNC(c1cscc1Br)C(C)(C)C. The van der Waals surface area contributed by atoms with Gasteiger partial charge in [-0.05, 0) is 45.3 Å². The molecular weight excluding hydrogens is 270 g/mol. The van der Waals surface area contributed by atoms with Crippen LogP contribution in [0.5, 0.6) is 0 Å². The van der Waals surface area contributed by atoms with Gasteiger partial charge in [-0.15, -0.1) is 0 Å². The van der Waals surface area contributed by atoms with Crippen LogP contribution in [-0.4, -0.2) is 6.54 Å². The summed E-state index contributed by atoms with van der Waals surface area (Å²) in [7, 11) is 0. The number of hydrogen-bond acceptors (Lipinski definition) is 2. The largest absolute Gasteiger partial charge is 0.309 e. The molecule has 1 heterocycles. The van der Waals surface area contributed by atoms with E-state index < -0.39 is 0 Å². The first-order valence-corrected chi connectivity index (χ1v) is 7.15. The highest BCUT2D eigenvalue weighted by atomic mass is 79.9. The van der Waals surface area contributed by atoms with Crippen molar-refractivity contribution in [3.8, 4) is 0 Å². The lowest BCUT2D eigenvalue weighted by Crippen LogP contribution is -2.32. The molecule has 3 heteroatoms. The first kappa shape index (κ1) is 13.2. The van der Waals surface area contributed by atoms with Gasteiger partial charge in [0.15, 0.2) is 0 Å². The lowest BCUT2D eigenvalue weighted by molar-refractivity contribution is 0.273. The van der Waals surface area contributed by atoms with Crippen molar-refractivity contribution in [2.45, 2.75) is 40.2 Å². The molecule has 0 amide bonds. The van der Waals surface area contributed by atoms with Crippen LogP contribution in [0.4, 0.5) is 0 Å². The van der Waals surface area contributed by atoms with Crippen LogP contribution in [0, 0.1) is 5.41 Å². The fourth-order valence-corrected chi connectivity index (χ4v) is 3.22. The molecule has 0 spiro atoms. The molecule has 1 N–H and O–H groups in total. The molecule has 0 saturated heterocycles. The van der Waals surface area contributed by atoms with Crippen LogP contribution in [0.3, 0.4) is 0 Å². The number of rotatable bonds is 4. The zero-order valence-electron chi connectivity index (χ0n) is 9.93. The van der Waals surface area contributed by atoms with E-state index >= 15 is 0 Å². The minimum absolute atomic E-state index is 0.249. The van der Waals surface area contributed by atoms with Gasteiger partial charge in [-0.25, -0.2) is 0 Å². The van der Waals surface area contributed by atoms with Gasteiger partial charge in [0.05, 0.1) is 0 Å². The third-order valence-electron chi connectivity index (χ3n) is 2.42. The fourth-order valence-electron chi connectivity index (χ4n) is 1.67. The molecule has 0 saturated carbocycles. The van der Waals surface area contributed by atoms with Crippen LogP contribution in [0.2, 0.25) is 0 Å². The summed E-state index contributed by atoms with van der Waals surface area (Å²) in [5, 5.41) is 8.02. The second-order valence-electron chi connectivity index (χ2n) is 4.93. The first-order chi connectivity index (χ1) is 6.96. The zero-order valence-corrected chi connectivity index (χ0v) is 12.3. The highest BCUT2D eigenvalue weighted by Crippen LogP contribution is 2.38. The average molecular weight is 290 g/mol. The summed E-state index contributed by atoms with van der Waals surface area (Å²) in [6.07, 6.45) is 1.17. The predicted molar refractivity (Wildman–Crippen MR) is 72.5 cm³/mol. The number of halogens is 1. The molecule has 1 rings (SSSR count). The molecule has 0 fully saturated rings. The molecular formula is C12H20BrNS. The van der Waals surface area contributed by atoms with Crippen LogP contribution < -0.4 is 5.32 Å². The second kappa shape index (κ2) is 5.46. The predicted octanol–water partition coefficient (Wildman–Crippen LogP) is 4.60. The Morgan fingerprint density at radius 1 is 1.40 bits per heavy atom. The van der Waals surface area contributed by atoms with E-state index in [1.807, 2.05) is 0 Å². The van der Waals surface area contributed by atoms with E-state index in [2.05, 4.69) is 59.7 Å². The van der Waals surface area contributed by atoms with E-state index in [9.17, 15) is 0 Å². The van der Waals surface area contributed by atoms with Crippen molar-refractivity contribution in [3.05, 3.63) is 20.8 Å². The van der Waals surface area contributed by atoms with Gasteiger partial charge < -0.3 is 5.32 Å². The molecule has 0 bridgehead atoms. The molecule has 0 aliphatic heterocycles. The molecule has 1 nitrogen and oxygen atoms in total. The normalized spacial score (nSPS) is 14.2. The van der Waals surface area contributed by atoms with E-state index in [1.54, 1.807) is 11.3 Å². The summed E-state index contributed by atoms with van der Waals surface area (Å²) < 4.78 is 1.23. The summed E-state index contributed by atoms with van der Waals surface area (Å²) in [4.78, 5) is 0. The van der Waals surface area contributed by atoms with Crippen molar-refractivity contribution in [2.75, 3.05) is 6.54 Å². The van der Waals surface area contributed by atoms with E-state index in [1.165, 1.54) is 16.5 Å². The molecule has 0 aliphatic carbocycles. The van der Waals surface area contributed by atoms with Crippen LogP contribution in [-0.2, 0) is 0 Å². The maximum absolute atomic E-state index is 3.63. The number of thiophene rings is 1. The molecule has 1 aromatic heterocycles. The Hall–Kier alpha value is 0.140. The lowest BCUT2D eigenvalue weighted by Gasteiger charge is -2.31. The standard InChI is InChI=1S/C12H20BrNS/c1-5-6-14-11(12(2,3)4)9-7-15-8-10(9)13/h7-8,11,14H,5-6H2,1-4H3. The van der Waals surface area contributed by atoms with Crippen molar-refractivity contribution >= 4 is 27.3 Å². The molecule has 0 aromatic carbocycles. The van der Waals surface area contributed by atoms with Crippen molar-refractivity contribution < 1.29 is 0 Å². The topological polar surface area (TPSA) is 12.0 Å². The molecule has 0 radical (unpaired) electrons. The minimum atomic E-state index is 0.249. The van der Waals surface area contributed by atoms with Crippen LogP contribution in [0.1, 0.15) is 45.7 Å². The van der Waals surface area contributed by atoms with Crippen molar-refractivity contribution in [2.24, 2.45) is 5.41 Å². The Morgan fingerprint density at radius 3 is 2.47 bits per heavy atom. The molecule has 15 heavy (non-hydrogen) atoms. The van der Waals surface area contributed by atoms with Gasteiger partial charge in [0.25, 0.3) is 0 Å². The quantitative estimate of drug-likeness (QED) is 0.854. The Bertz CT molecular complexity index is 301. The van der Waals surface area contributed by atoms with Gasteiger partial charge >= 0.3 is 0 Å². The molecule has 86 valence electrons. The zero-order chi connectivity index (χ0) is 11.5. The van der Waals surface area contributed by atoms with Gasteiger partial charge in [-0.1, -0.05) is 27.7 Å². The Kier molecular flexibility index (Phi) is 4.81. The first-order valence-electron chi connectivity index (χ1n) is 5.41. The molecule has 0 aliphatic rings. The molecule has 1 aromatic rings. The van der Waals surface area contributed by atoms with Gasteiger partial charge in [-0.3, -0.25) is 0 Å². The molecule has 1 atom stereocenters. The van der Waals surface area contributed by atoms with Crippen molar-refractivity contribution in [1.29, 1.82) is 0 Å². The minimum Gasteiger partial charge on any atom is -0.309 e. The lowest BCUT2D eigenvalue weighted by atomic mass is 9.83. The van der Waals surface area contributed by atoms with Gasteiger partial charge in [0.1, 0.15) is 0 Å². The summed E-state index contributed by atoms with van der Waals surface area (Å²) in [6.45, 7) is 10.1. The highest BCUT2D eigenvalue weighted by molar-refractivity contribution is 9.10. The Balaban J connectivity index is 2.87. The summed E-state index contributed by atoms with van der Waals surface area (Å²) in [6, 6.07) is 0.429. The van der Waals surface area contributed by atoms with Crippen LogP contribution in [0.25, 0.3) is 0 Å². The maximum Gasteiger partial charge on any atom is 0.0388 e. The van der Waals surface area contributed by atoms with Crippen molar-refractivity contribution in [3.63, 3.8) is 0 Å². The summed E-state index contributed by atoms with van der Waals surface area (Å²) in [5.74, 6) is 0. The van der Waals surface area contributed by atoms with E-state index in [0.29, 0.717) is 6.04 Å². The van der Waals surface area contributed by atoms with Gasteiger partial charge in [0.2, 0.25) is 0 Å². The van der Waals surface area contributed by atoms with Crippen LogP contribution >= 0.6 is 27.3 Å². The Labute approximate surface area is 105 Å². The number of nitrogens with one attached hydrogen (secondary N) is 1. The smallest absolute Gasteiger partial charge is 0.0388 e. The summed E-state index contributed by atoms with van der Waals surface area (Å²) in [5.41, 5.74) is 1.64. The van der Waals surface area contributed by atoms with E-state index in [-0.39, 0.29) is 5.41 Å². The number of hydrogen-bond donors (Lipinski definition) is 1. The Morgan fingerprint density at radius 2 is 2.07 bits per heavy atom. The van der Waals surface area contributed by atoms with Gasteiger partial charge in [-0.2, -0.15) is 11.3 Å². The second-order valence-corrected chi connectivity index (χ2v) is 6.53. The van der Waals surface area contributed by atoms with Crippen molar-refractivity contribution in [1.82, 2.24) is 5.32 Å².